The number of hydrogen-bond acceptors (Lipinski definition) is 4. The number of benzene rings is 1. The van der Waals surface area contributed by atoms with E-state index in [1.54, 1.807) is 13.8 Å². The van der Waals surface area contributed by atoms with E-state index in [0.717, 1.165) is 25.0 Å². The first-order valence-corrected chi connectivity index (χ1v) is 9.24. The van der Waals surface area contributed by atoms with Crippen LogP contribution in [0.25, 0.3) is 0 Å². The van der Waals surface area contributed by atoms with Gasteiger partial charge in [0.05, 0.1) is 17.5 Å². The van der Waals surface area contributed by atoms with Gasteiger partial charge >= 0.3 is 0 Å². The summed E-state index contributed by atoms with van der Waals surface area (Å²) < 4.78 is 32.6. The fraction of sp³-hybridized carbons (Fsp3) is 0.562. The maximum absolute atomic E-state index is 12.4. The molecule has 1 aliphatic heterocycles. The van der Waals surface area contributed by atoms with Crippen LogP contribution in [0.15, 0.2) is 17.0 Å². The molecule has 1 aliphatic rings. The fourth-order valence-electron chi connectivity index (χ4n) is 2.92. The number of amides is 1. The van der Waals surface area contributed by atoms with Crippen molar-refractivity contribution in [3.05, 3.63) is 28.8 Å². The Labute approximate surface area is 137 Å². The third kappa shape index (κ3) is 4.76. The molecule has 2 rings (SSSR count). The van der Waals surface area contributed by atoms with Crippen molar-refractivity contribution in [2.75, 3.05) is 19.7 Å². The molecule has 1 amide bonds. The molecule has 1 fully saturated rings. The van der Waals surface area contributed by atoms with Crippen LogP contribution in [-0.2, 0) is 19.6 Å². The summed E-state index contributed by atoms with van der Waals surface area (Å²) in [5.41, 5.74) is 2.36. The van der Waals surface area contributed by atoms with Crippen molar-refractivity contribution in [1.82, 2.24) is 10.0 Å². The van der Waals surface area contributed by atoms with Gasteiger partial charge in [-0.25, -0.2) is 13.1 Å². The quantitative estimate of drug-likeness (QED) is 0.814. The number of carbonyl (C=O) groups is 1. The molecule has 1 heterocycles. The van der Waals surface area contributed by atoms with Crippen LogP contribution in [0.5, 0.6) is 0 Å². The third-order valence-corrected chi connectivity index (χ3v) is 5.55. The van der Waals surface area contributed by atoms with E-state index in [9.17, 15) is 13.2 Å². The van der Waals surface area contributed by atoms with Crippen LogP contribution in [-0.4, -0.2) is 40.1 Å². The molecule has 0 spiro atoms. The highest BCUT2D eigenvalue weighted by Crippen LogP contribution is 2.21. The van der Waals surface area contributed by atoms with E-state index in [4.69, 9.17) is 4.74 Å². The van der Waals surface area contributed by atoms with Gasteiger partial charge in [0.2, 0.25) is 15.9 Å². The van der Waals surface area contributed by atoms with Crippen molar-refractivity contribution in [1.29, 1.82) is 0 Å². The molecule has 0 radical (unpaired) electrons. The van der Waals surface area contributed by atoms with E-state index in [1.165, 1.54) is 0 Å². The molecule has 128 valence electrons. The van der Waals surface area contributed by atoms with E-state index in [0.29, 0.717) is 17.7 Å². The summed E-state index contributed by atoms with van der Waals surface area (Å²) in [4.78, 5) is 12.1. The zero-order chi connectivity index (χ0) is 17.0. The minimum absolute atomic E-state index is 0.0390. The number of rotatable bonds is 6. The van der Waals surface area contributed by atoms with Gasteiger partial charge in [0.15, 0.2) is 0 Å². The van der Waals surface area contributed by atoms with Crippen LogP contribution in [0.3, 0.4) is 0 Å². The van der Waals surface area contributed by atoms with Crippen LogP contribution in [0.2, 0.25) is 0 Å². The van der Waals surface area contributed by atoms with Gasteiger partial charge < -0.3 is 10.1 Å². The zero-order valence-electron chi connectivity index (χ0n) is 13.8. The van der Waals surface area contributed by atoms with Crippen molar-refractivity contribution in [2.24, 2.45) is 0 Å². The SMILES string of the molecule is Cc1cc(C)c(S(=O)(=O)NCC(=O)NC[C@H]2CCCO2)c(C)c1. The monoisotopic (exact) mass is 340 g/mol. The Morgan fingerprint density at radius 2 is 1.91 bits per heavy atom. The minimum atomic E-state index is -3.71. The molecule has 2 N–H and O–H groups in total. The number of carbonyl (C=O) groups excluding carboxylic acids is 1. The average molecular weight is 340 g/mol. The van der Waals surface area contributed by atoms with Crippen LogP contribution in [0, 0.1) is 20.8 Å². The maximum atomic E-state index is 12.4. The predicted octanol–water partition coefficient (Wildman–Crippen LogP) is 1.19. The Kier molecular flexibility index (Phi) is 5.78. The highest BCUT2D eigenvalue weighted by Gasteiger charge is 2.21. The van der Waals surface area contributed by atoms with E-state index in [-0.39, 0.29) is 23.5 Å². The molecule has 0 saturated carbocycles. The van der Waals surface area contributed by atoms with Crippen LogP contribution < -0.4 is 10.0 Å². The molecule has 1 atom stereocenters. The molecule has 1 aromatic rings. The van der Waals surface area contributed by atoms with Gasteiger partial charge in [0.25, 0.3) is 0 Å². The number of nitrogens with one attached hydrogen (secondary N) is 2. The lowest BCUT2D eigenvalue weighted by atomic mass is 10.1. The maximum Gasteiger partial charge on any atom is 0.241 e. The van der Waals surface area contributed by atoms with Crippen molar-refractivity contribution >= 4 is 15.9 Å². The summed E-state index contributed by atoms with van der Waals surface area (Å²) in [6.07, 6.45) is 1.96. The number of sulfonamides is 1. The van der Waals surface area contributed by atoms with E-state index < -0.39 is 10.0 Å². The molecule has 0 bridgehead atoms. The Hall–Kier alpha value is -1.44. The second-order valence-electron chi connectivity index (χ2n) is 5.99. The molecule has 0 aromatic heterocycles. The van der Waals surface area contributed by atoms with Gasteiger partial charge in [-0.3, -0.25) is 4.79 Å². The molecule has 23 heavy (non-hydrogen) atoms. The molecular formula is C16H24N2O4S. The highest BCUT2D eigenvalue weighted by molar-refractivity contribution is 7.89. The van der Waals surface area contributed by atoms with Crippen molar-refractivity contribution in [3.8, 4) is 0 Å². The average Bonchev–Trinajstić information content (AvgIpc) is 2.94. The normalized spacial score (nSPS) is 18.1. The lowest BCUT2D eigenvalue weighted by molar-refractivity contribution is -0.120. The summed E-state index contributed by atoms with van der Waals surface area (Å²) in [6, 6.07) is 3.64. The summed E-state index contributed by atoms with van der Waals surface area (Å²) >= 11 is 0. The first kappa shape index (κ1) is 17.9. The standard InChI is InChI=1S/C16H24N2O4S/c1-11-7-12(2)16(13(3)8-11)23(20,21)18-10-15(19)17-9-14-5-4-6-22-14/h7-8,14,18H,4-6,9-10H2,1-3H3,(H,17,19)/t14-/m1/s1. The Morgan fingerprint density at radius 3 is 2.48 bits per heavy atom. The largest absolute Gasteiger partial charge is 0.376 e. The van der Waals surface area contributed by atoms with Gasteiger partial charge in [-0.2, -0.15) is 0 Å². The fourth-order valence-corrected chi connectivity index (χ4v) is 4.35. The summed E-state index contributed by atoms with van der Waals surface area (Å²) in [5.74, 6) is -0.355. The van der Waals surface area contributed by atoms with Crippen molar-refractivity contribution in [3.63, 3.8) is 0 Å². The summed E-state index contributed by atoms with van der Waals surface area (Å²) in [7, 11) is -3.71. The van der Waals surface area contributed by atoms with Crippen LogP contribution in [0.1, 0.15) is 29.5 Å². The summed E-state index contributed by atoms with van der Waals surface area (Å²) in [6.45, 7) is 6.30. The highest BCUT2D eigenvalue weighted by atomic mass is 32.2. The predicted molar refractivity (Wildman–Crippen MR) is 87.8 cm³/mol. The van der Waals surface area contributed by atoms with Gasteiger partial charge in [-0.15, -0.1) is 0 Å². The number of hydrogen-bond donors (Lipinski definition) is 2. The van der Waals surface area contributed by atoms with E-state index in [2.05, 4.69) is 10.0 Å². The van der Waals surface area contributed by atoms with Gasteiger partial charge in [0, 0.05) is 13.2 Å². The van der Waals surface area contributed by atoms with Crippen LogP contribution in [0.4, 0.5) is 0 Å². The molecule has 0 aliphatic carbocycles. The first-order valence-electron chi connectivity index (χ1n) is 7.75. The van der Waals surface area contributed by atoms with Gasteiger partial charge in [0.1, 0.15) is 0 Å². The smallest absolute Gasteiger partial charge is 0.241 e. The Balaban J connectivity index is 1.94. The van der Waals surface area contributed by atoms with E-state index in [1.807, 2.05) is 19.1 Å². The van der Waals surface area contributed by atoms with Gasteiger partial charge in [-0.1, -0.05) is 17.7 Å². The van der Waals surface area contributed by atoms with Crippen LogP contribution >= 0.6 is 0 Å². The zero-order valence-corrected chi connectivity index (χ0v) is 14.6. The molecule has 6 nitrogen and oxygen atoms in total. The Morgan fingerprint density at radius 1 is 1.26 bits per heavy atom. The number of ether oxygens (including phenoxy) is 1. The topological polar surface area (TPSA) is 84.5 Å². The minimum Gasteiger partial charge on any atom is -0.376 e. The molecule has 7 heteroatoms. The number of aryl methyl sites for hydroxylation is 3. The molecule has 1 aromatic carbocycles. The first-order chi connectivity index (χ1) is 10.8. The van der Waals surface area contributed by atoms with Crippen molar-refractivity contribution < 1.29 is 17.9 Å². The van der Waals surface area contributed by atoms with Gasteiger partial charge in [-0.05, 0) is 44.7 Å². The molecule has 1 saturated heterocycles. The molecular weight excluding hydrogens is 316 g/mol. The second-order valence-corrected chi connectivity index (χ2v) is 7.70. The lowest BCUT2D eigenvalue weighted by Gasteiger charge is -2.14. The Bertz CT molecular complexity index is 656. The molecule has 0 unspecified atom stereocenters. The summed E-state index contributed by atoms with van der Waals surface area (Å²) in [5, 5.41) is 2.70. The third-order valence-electron chi connectivity index (χ3n) is 3.85. The lowest BCUT2D eigenvalue weighted by Crippen LogP contribution is -2.40. The van der Waals surface area contributed by atoms with Crippen molar-refractivity contribution in [2.45, 2.75) is 44.6 Å². The second kappa shape index (κ2) is 7.42. The van der Waals surface area contributed by atoms with E-state index >= 15 is 0 Å².